The van der Waals surface area contributed by atoms with Crippen molar-refractivity contribution in [2.45, 2.75) is 20.8 Å². The number of nitrogens with one attached hydrogen (secondary N) is 1. The number of hydrogen-bond donors (Lipinski definition) is 2. The van der Waals surface area contributed by atoms with Crippen LogP contribution in [0, 0.1) is 5.92 Å². The highest BCUT2D eigenvalue weighted by Crippen LogP contribution is 2.33. The second-order valence-electron chi connectivity index (χ2n) is 6.31. The van der Waals surface area contributed by atoms with Crippen LogP contribution in [-0.2, 0) is 4.79 Å². The standard InChI is InChI=1S/C20H20ClN3OS/c1-11-8-9-15(18(21)19(26)12(11)2)23-20(25)17-13(3)22-16-7-5-6-10-24(16)14(17)4/h5-11,26H,4H2,1-3H3,(H,23,25). The molecule has 1 unspecified atom stereocenters. The average Bonchev–Trinajstić information content (AvgIpc) is 2.70. The van der Waals surface area contributed by atoms with Gasteiger partial charge in [0.2, 0.25) is 0 Å². The molecule has 0 fully saturated rings. The quantitative estimate of drug-likeness (QED) is 0.685. The predicted molar refractivity (Wildman–Crippen MR) is 110 cm³/mol. The molecule has 26 heavy (non-hydrogen) atoms. The second kappa shape index (κ2) is 7.17. The van der Waals surface area contributed by atoms with E-state index in [9.17, 15) is 4.79 Å². The highest BCUT2D eigenvalue weighted by Gasteiger charge is 2.28. The van der Waals surface area contributed by atoms with E-state index in [1.807, 2.05) is 43.5 Å². The minimum Gasteiger partial charge on any atom is -0.320 e. The number of rotatable bonds is 2. The number of carbonyl (C=O) groups is 1. The molecule has 134 valence electrons. The zero-order chi connectivity index (χ0) is 19.0. The van der Waals surface area contributed by atoms with Crippen molar-refractivity contribution in [2.24, 2.45) is 10.9 Å². The Kier molecular flexibility index (Phi) is 5.12. The Morgan fingerprint density at radius 2 is 2.08 bits per heavy atom. The van der Waals surface area contributed by atoms with Crippen LogP contribution in [0.1, 0.15) is 20.8 Å². The number of fused-ring (bicyclic) bond motifs is 1. The number of amides is 1. The van der Waals surface area contributed by atoms with Gasteiger partial charge in [-0.25, -0.2) is 4.99 Å². The van der Waals surface area contributed by atoms with E-state index in [0.29, 0.717) is 32.6 Å². The summed E-state index contributed by atoms with van der Waals surface area (Å²) in [6.07, 6.45) is 11.3. The molecule has 0 radical (unpaired) electrons. The monoisotopic (exact) mass is 385 g/mol. The van der Waals surface area contributed by atoms with Gasteiger partial charge in [0.1, 0.15) is 5.84 Å². The van der Waals surface area contributed by atoms with Gasteiger partial charge in [-0.15, -0.1) is 12.6 Å². The van der Waals surface area contributed by atoms with Gasteiger partial charge in [0, 0.05) is 11.1 Å². The maximum atomic E-state index is 13.0. The Balaban J connectivity index is 1.94. The van der Waals surface area contributed by atoms with Crippen molar-refractivity contribution in [1.82, 2.24) is 10.2 Å². The van der Waals surface area contributed by atoms with Gasteiger partial charge in [0.25, 0.3) is 5.91 Å². The molecule has 0 saturated carbocycles. The first-order valence-electron chi connectivity index (χ1n) is 8.23. The van der Waals surface area contributed by atoms with Crippen LogP contribution in [0.15, 0.2) is 86.3 Å². The normalized spacial score (nSPS) is 22.7. The topological polar surface area (TPSA) is 44.7 Å². The van der Waals surface area contributed by atoms with Gasteiger partial charge in [-0.05, 0) is 38.0 Å². The summed E-state index contributed by atoms with van der Waals surface area (Å²) in [6, 6.07) is 0. The van der Waals surface area contributed by atoms with Crippen molar-refractivity contribution >= 4 is 36.0 Å². The molecule has 1 atom stereocenters. The van der Waals surface area contributed by atoms with E-state index in [0.717, 1.165) is 11.4 Å². The Hall–Kier alpha value is -2.24. The summed E-state index contributed by atoms with van der Waals surface area (Å²) in [6.45, 7) is 9.90. The lowest BCUT2D eigenvalue weighted by Gasteiger charge is -2.30. The van der Waals surface area contributed by atoms with E-state index in [2.05, 4.69) is 36.4 Å². The maximum absolute atomic E-state index is 13.0. The molecular formula is C20H20ClN3OS. The molecule has 6 heteroatoms. The van der Waals surface area contributed by atoms with E-state index < -0.39 is 0 Å². The van der Waals surface area contributed by atoms with Crippen molar-refractivity contribution in [2.75, 3.05) is 0 Å². The third-order valence-corrected chi connectivity index (χ3v) is 5.69. The Morgan fingerprint density at radius 1 is 1.35 bits per heavy atom. The van der Waals surface area contributed by atoms with Gasteiger partial charge in [-0.1, -0.05) is 42.8 Å². The fourth-order valence-electron chi connectivity index (χ4n) is 2.86. The van der Waals surface area contributed by atoms with E-state index in [1.165, 1.54) is 0 Å². The molecule has 2 heterocycles. The number of thiol groups is 1. The molecule has 0 aromatic rings. The molecule has 1 aliphatic carbocycles. The number of hydrogen-bond acceptors (Lipinski definition) is 4. The van der Waals surface area contributed by atoms with E-state index in [-0.39, 0.29) is 11.8 Å². The highest BCUT2D eigenvalue weighted by molar-refractivity contribution is 7.85. The SMILES string of the molecule is C=C1C(C(=O)NC2=C(Cl)C(S)=C(C)C(C)C=C2)=C(C)N=C2C=CC=CN12. The average molecular weight is 386 g/mol. The predicted octanol–water partition coefficient (Wildman–Crippen LogP) is 4.55. The fourth-order valence-corrected chi connectivity index (χ4v) is 3.44. The van der Waals surface area contributed by atoms with Gasteiger partial charge in [0.15, 0.2) is 0 Å². The van der Waals surface area contributed by atoms with Crippen LogP contribution in [0.5, 0.6) is 0 Å². The summed E-state index contributed by atoms with van der Waals surface area (Å²) >= 11 is 11.0. The van der Waals surface area contributed by atoms with Crippen LogP contribution < -0.4 is 5.32 Å². The molecule has 3 rings (SSSR count). The number of halogens is 1. The number of carbonyl (C=O) groups excluding carboxylic acids is 1. The maximum Gasteiger partial charge on any atom is 0.259 e. The fraction of sp³-hybridized carbons (Fsp3) is 0.200. The van der Waals surface area contributed by atoms with Crippen molar-refractivity contribution in [3.05, 3.63) is 81.3 Å². The van der Waals surface area contributed by atoms with Crippen molar-refractivity contribution in [3.63, 3.8) is 0 Å². The molecule has 4 nitrogen and oxygen atoms in total. The van der Waals surface area contributed by atoms with E-state index in [1.54, 1.807) is 11.8 Å². The molecule has 0 aromatic heterocycles. The Morgan fingerprint density at radius 3 is 2.81 bits per heavy atom. The number of allylic oxidation sites excluding steroid dienone is 7. The number of aliphatic imine (C=N–C) groups is 1. The first-order chi connectivity index (χ1) is 12.3. The van der Waals surface area contributed by atoms with Crippen LogP contribution >= 0.6 is 24.2 Å². The summed E-state index contributed by atoms with van der Waals surface area (Å²) in [5.74, 6) is 0.626. The zero-order valence-corrected chi connectivity index (χ0v) is 16.5. The lowest BCUT2D eigenvalue weighted by Crippen LogP contribution is -2.35. The lowest BCUT2D eigenvalue weighted by atomic mass is 10.0. The third-order valence-electron chi connectivity index (χ3n) is 4.59. The minimum atomic E-state index is -0.301. The number of nitrogens with zero attached hydrogens (tertiary/aromatic N) is 2. The van der Waals surface area contributed by atoms with Crippen LogP contribution in [0.4, 0.5) is 0 Å². The summed E-state index contributed by atoms with van der Waals surface area (Å²) in [4.78, 5) is 19.9. The van der Waals surface area contributed by atoms with Crippen LogP contribution in [-0.4, -0.2) is 16.6 Å². The molecule has 0 bridgehead atoms. The Bertz CT molecular complexity index is 915. The van der Waals surface area contributed by atoms with Crippen LogP contribution in [0.3, 0.4) is 0 Å². The molecule has 3 aliphatic rings. The molecule has 0 saturated heterocycles. The van der Waals surface area contributed by atoms with Gasteiger partial charge >= 0.3 is 0 Å². The molecule has 1 amide bonds. The zero-order valence-electron chi connectivity index (χ0n) is 14.9. The van der Waals surface area contributed by atoms with Crippen molar-refractivity contribution in [1.29, 1.82) is 0 Å². The summed E-state index contributed by atoms with van der Waals surface area (Å²) in [5, 5.41) is 3.31. The second-order valence-corrected chi connectivity index (χ2v) is 7.13. The highest BCUT2D eigenvalue weighted by atomic mass is 35.5. The van der Waals surface area contributed by atoms with Crippen LogP contribution in [0.2, 0.25) is 0 Å². The largest absolute Gasteiger partial charge is 0.320 e. The van der Waals surface area contributed by atoms with E-state index in [4.69, 9.17) is 11.6 Å². The van der Waals surface area contributed by atoms with Gasteiger partial charge < -0.3 is 10.2 Å². The third kappa shape index (κ3) is 3.24. The summed E-state index contributed by atoms with van der Waals surface area (Å²) < 4.78 is 0. The van der Waals surface area contributed by atoms with Gasteiger partial charge in [0.05, 0.1) is 27.7 Å². The first kappa shape index (κ1) is 18.5. The summed E-state index contributed by atoms with van der Waals surface area (Å²) in [5.41, 5.74) is 3.18. The number of amidine groups is 1. The molecular weight excluding hydrogens is 366 g/mol. The minimum absolute atomic E-state index is 0.189. The summed E-state index contributed by atoms with van der Waals surface area (Å²) in [7, 11) is 0. The lowest BCUT2D eigenvalue weighted by molar-refractivity contribution is -0.116. The smallest absolute Gasteiger partial charge is 0.259 e. The first-order valence-corrected chi connectivity index (χ1v) is 9.06. The van der Waals surface area contributed by atoms with Crippen LogP contribution in [0.25, 0.3) is 0 Å². The molecule has 0 aromatic carbocycles. The van der Waals surface area contributed by atoms with E-state index >= 15 is 0 Å². The van der Waals surface area contributed by atoms with Gasteiger partial charge in [-0.2, -0.15) is 0 Å². The Labute approximate surface area is 164 Å². The van der Waals surface area contributed by atoms with Crippen molar-refractivity contribution < 1.29 is 4.79 Å². The molecule has 1 N–H and O–H groups in total. The van der Waals surface area contributed by atoms with Gasteiger partial charge in [-0.3, -0.25) is 4.79 Å². The van der Waals surface area contributed by atoms with Crippen molar-refractivity contribution in [3.8, 4) is 0 Å². The molecule has 0 spiro atoms. The molecule has 2 aliphatic heterocycles.